The van der Waals surface area contributed by atoms with E-state index < -0.39 is 0 Å². The quantitative estimate of drug-likeness (QED) is 0.0414. The molecule has 0 aliphatic carbocycles. The molecule has 0 radical (unpaired) electrons. The third-order valence-electron chi connectivity index (χ3n) is 7.47. The lowest BCUT2D eigenvalue weighted by Crippen LogP contribution is -2.17. The van der Waals surface area contributed by atoms with Crippen molar-refractivity contribution in [2.24, 2.45) is 0 Å². The van der Waals surface area contributed by atoms with Gasteiger partial charge in [-0.05, 0) is 74.6 Å². The minimum atomic E-state index is -0.386. The number of ether oxygens (including phenoxy) is 1. The molecule has 5 N–H and O–H groups in total. The van der Waals surface area contributed by atoms with Crippen LogP contribution < -0.4 is 20.9 Å². The van der Waals surface area contributed by atoms with Crippen molar-refractivity contribution < 1.29 is 19.5 Å². The molecule has 3 heterocycles. The molecular weight excluding hydrogens is 584 g/mol. The lowest BCUT2D eigenvalue weighted by molar-refractivity contribution is -0.129. The Morgan fingerprint density at radius 2 is 1.57 bits per heavy atom. The van der Waals surface area contributed by atoms with Crippen LogP contribution in [0.25, 0.3) is 22.3 Å². The molecule has 0 atom stereocenters. The van der Waals surface area contributed by atoms with Gasteiger partial charge in [-0.15, -0.1) is 0 Å². The molecule has 12 nitrogen and oxygen atoms in total. The van der Waals surface area contributed by atoms with Crippen LogP contribution in [0.2, 0.25) is 0 Å². The highest BCUT2D eigenvalue weighted by Gasteiger charge is 2.13. The third-order valence-corrected chi connectivity index (χ3v) is 7.47. The molecule has 2 amide bonds. The normalized spacial score (nSPS) is 11.0. The van der Waals surface area contributed by atoms with Gasteiger partial charge in [0.05, 0.1) is 18.5 Å². The maximum absolute atomic E-state index is 12.3. The Morgan fingerprint density at radius 1 is 0.826 bits per heavy atom. The van der Waals surface area contributed by atoms with Crippen molar-refractivity contribution in [1.29, 1.82) is 0 Å². The fraction of sp³-hybridized carbons (Fsp3) is 0.324. The van der Waals surface area contributed by atoms with E-state index in [0.717, 1.165) is 78.8 Å². The second-order valence-electron chi connectivity index (χ2n) is 11.0. The number of nitrogens with zero attached hydrogens (tertiary/aromatic N) is 4. The number of aromatic nitrogens is 5. The Kier molecular flexibility index (Phi) is 11.7. The number of benzene rings is 2. The summed E-state index contributed by atoms with van der Waals surface area (Å²) >= 11 is 0. The van der Waals surface area contributed by atoms with Crippen LogP contribution >= 0.6 is 0 Å². The van der Waals surface area contributed by atoms with Gasteiger partial charge in [-0.2, -0.15) is 10.1 Å². The second kappa shape index (κ2) is 16.7. The average Bonchev–Trinajstić information content (AvgIpc) is 3.75. The molecule has 0 aliphatic heterocycles. The first-order valence-corrected chi connectivity index (χ1v) is 15.7. The maximum atomic E-state index is 12.3. The topological polar surface area (TPSA) is 159 Å². The highest BCUT2D eigenvalue weighted by Crippen LogP contribution is 2.28. The van der Waals surface area contributed by atoms with E-state index in [2.05, 4.69) is 25.7 Å². The molecule has 2 aromatic carbocycles. The zero-order valence-electron chi connectivity index (χ0n) is 25.7. The van der Waals surface area contributed by atoms with Gasteiger partial charge in [0.1, 0.15) is 11.4 Å². The summed E-state index contributed by atoms with van der Waals surface area (Å²) in [4.78, 5) is 36.0. The molecule has 0 aliphatic rings. The van der Waals surface area contributed by atoms with Crippen LogP contribution in [0.4, 0.5) is 17.3 Å². The van der Waals surface area contributed by atoms with Gasteiger partial charge in [0, 0.05) is 54.1 Å². The molecule has 46 heavy (non-hydrogen) atoms. The maximum Gasteiger partial charge on any atom is 0.243 e. The summed E-state index contributed by atoms with van der Waals surface area (Å²) in [6.07, 6.45) is 12.5. The number of hydroxylamine groups is 1. The predicted molar refractivity (Wildman–Crippen MR) is 177 cm³/mol. The molecule has 0 unspecified atom stereocenters. The number of anilines is 3. The summed E-state index contributed by atoms with van der Waals surface area (Å²) in [5.74, 6) is 0.907. The first kappa shape index (κ1) is 32.2. The van der Waals surface area contributed by atoms with Gasteiger partial charge in [-0.1, -0.05) is 31.0 Å². The van der Waals surface area contributed by atoms with E-state index in [1.54, 1.807) is 5.48 Å². The van der Waals surface area contributed by atoms with Crippen LogP contribution in [0.15, 0.2) is 79.3 Å². The average molecular weight is 625 g/mol. The van der Waals surface area contributed by atoms with Crippen LogP contribution in [0.1, 0.15) is 57.8 Å². The second-order valence-corrected chi connectivity index (χ2v) is 11.0. The number of unbranched alkanes of at least 4 members (excludes halogenated alkanes) is 5. The fourth-order valence-corrected chi connectivity index (χ4v) is 5.05. The first-order valence-electron chi connectivity index (χ1n) is 15.7. The molecule has 0 bridgehead atoms. The minimum absolute atomic E-state index is 0.0587. The summed E-state index contributed by atoms with van der Waals surface area (Å²) in [5.41, 5.74) is 5.54. The van der Waals surface area contributed by atoms with E-state index in [1.807, 2.05) is 83.9 Å². The lowest BCUT2D eigenvalue weighted by atomic mass is 10.1. The molecular formula is C34H40N8O4. The number of carbonyl (C=O) groups is 2. The number of fused-ring (bicyclic) bond motifs is 1. The fourth-order valence-electron chi connectivity index (χ4n) is 5.05. The van der Waals surface area contributed by atoms with Gasteiger partial charge >= 0.3 is 0 Å². The zero-order valence-corrected chi connectivity index (χ0v) is 25.7. The number of aromatic amines is 1. The van der Waals surface area contributed by atoms with Gasteiger partial charge in [0.15, 0.2) is 0 Å². The van der Waals surface area contributed by atoms with Gasteiger partial charge < -0.3 is 20.4 Å². The van der Waals surface area contributed by atoms with Crippen molar-refractivity contribution in [3.63, 3.8) is 0 Å². The van der Waals surface area contributed by atoms with E-state index >= 15 is 0 Å². The number of hydrogen-bond donors (Lipinski definition) is 5. The molecule has 0 spiro atoms. The SMILES string of the molecule is O=C(CCCCCCC(=O)Nc1ccc(Nc2nc(-c3cnn(CCCCCOc4ccccc4)c3)c3cc[nH]c3n2)cc1)NO. The van der Waals surface area contributed by atoms with E-state index in [1.165, 1.54) is 0 Å². The standard InChI is InChI=1S/C34H40N8O4/c43-30(13-7-1-2-8-14-31(44)41-45)37-26-15-17-27(18-16-26)38-34-39-32(29-19-20-35-33(29)40-34)25-23-36-42(24-25)21-9-4-10-22-46-28-11-5-3-6-12-28/h3,5-6,11-12,15-20,23-24,45H,1-2,4,7-10,13-14,21-22H2,(H,37,43)(H,41,44)(H2,35,38,39,40). The molecule has 5 rings (SSSR count). The largest absolute Gasteiger partial charge is 0.494 e. The Labute approximate surface area is 267 Å². The Bertz CT molecular complexity index is 1680. The van der Waals surface area contributed by atoms with Crippen molar-refractivity contribution in [3.8, 4) is 17.0 Å². The van der Waals surface area contributed by atoms with Gasteiger partial charge in [-0.25, -0.2) is 10.5 Å². The summed E-state index contributed by atoms with van der Waals surface area (Å²) in [6, 6.07) is 19.2. The van der Waals surface area contributed by atoms with Crippen molar-refractivity contribution in [1.82, 2.24) is 30.2 Å². The minimum Gasteiger partial charge on any atom is -0.494 e. The molecule has 0 fully saturated rings. The third kappa shape index (κ3) is 9.63. The Hall–Kier alpha value is -5.23. The number of carbonyl (C=O) groups excluding carboxylic acids is 2. The lowest BCUT2D eigenvalue weighted by Gasteiger charge is -2.09. The van der Waals surface area contributed by atoms with E-state index in [-0.39, 0.29) is 18.2 Å². The number of hydrogen-bond acceptors (Lipinski definition) is 8. The van der Waals surface area contributed by atoms with Crippen LogP contribution in [-0.2, 0) is 16.1 Å². The number of para-hydroxylation sites is 1. The van der Waals surface area contributed by atoms with Crippen molar-refractivity contribution >= 4 is 40.2 Å². The predicted octanol–water partition coefficient (Wildman–Crippen LogP) is 6.60. The summed E-state index contributed by atoms with van der Waals surface area (Å²) < 4.78 is 7.73. The van der Waals surface area contributed by atoms with Crippen LogP contribution in [0.3, 0.4) is 0 Å². The molecule has 240 valence electrons. The first-order chi connectivity index (χ1) is 22.6. The van der Waals surface area contributed by atoms with Crippen LogP contribution in [0.5, 0.6) is 5.75 Å². The highest BCUT2D eigenvalue weighted by atomic mass is 16.5. The summed E-state index contributed by atoms with van der Waals surface area (Å²) in [5, 5.41) is 20.2. The number of amides is 2. The number of nitrogens with one attached hydrogen (secondary N) is 4. The van der Waals surface area contributed by atoms with Gasteiger partial charge in [0.2, 0.25) is 17.8 Å². The van der Waals surface area contributed by atoms with Crippen molar-refractivity contribution in [3.05, 3.63) is 79.3 Å². The van der Waals surface area contributed by atoms with Gasteiger partial charge in [0.25, 0.3) is 0 Å². The number of rotatable bonds is 18. The number of H-pyrrole nitrogens is 1. The molecule has 0 saturated carbocycles. The Balaban J connectivity index is 1.10. The number of aryl methyl sites for hydroxylation is 1. The van der Waals surface area contributed by atoms with E-state index in [4.69, 9.17) is 14.9 Å². The smallest absolute Gasteiger partial charge is 0.243 e. The molecule has 0 saturated heterocycles. The summed E-state index contributed by atoms with van der Waals surface area (Å²) in [7, 11) is 0. The van der Waals surface area contributed by atoms with Crippen LogP contribution in [0, 0.1) is 0 Å². The molecule has 5 aromatic rings. The van der Waals surface area contributed by atoms with Crippen molar-refractivity contribution in [2.75, 3.05) is 17.2 Å². The van der Waals surface area contributed by atoms with E-state index in [9.17, 15) is 9.59 Å². The zero-order chi connectivity index (χ0) is 32.0. The van der Waals surface area contributed by atoms with Gasteiger partial charge in [-0.3, -0.25) is 19.5 Å². The monoisotopic (exact) mass is 624 g/mol. The molecule has 3 aromatic heterocycles. The summed E-state index contributed by atoms with van der Waals surface area (Å²) in [6.45, 7) is 1.51. The van der Waals surface area contributed by atoms with Crippen molar-refractivity contribution in [2.45, 2.75) is 64.3 Å². The van der Waals surface area contributed by atoms with Crippen LogP contribution in [-0.4, -0.2) is 48.4 Å². The highest BCUT2D eigenvalue weighted by molar-refractivity contribution is 5.92. The molecule has 12 heteroatoms. The Morgan fingerprint density at radius 3 is 2.35 bits per heavy atom. The van der Waals surface area contributed by atoms with E-state index in [0.29, 0.717) is 31.1 Å².